The third-order valence-electron chi connectivity index (χ3n) is 1.81. The maximum absolute atomic E-state index is 5.45. The molecule has 0 amide bonds. The molecule has 2 heterocycles. The molecule has 0 unspecified atom stereocenters. The molecule has 0 bridgehead atoms. The fourth-order valence-corrected chi connectivity index (χ4v) is 1.99. The average Bonchev–Trinajstić information content (AvgIpc) is 2.71. The number of thiophene rings is 1. The van der Waals surface area contributed by atoms with E-state index in [0.29, 0.717) is 6.01 Å². The van der Waals surface area contributed by atoms with E-state index in [2.05, 4.69) is 23.3 Å². The van der Waals surface area contributed by atoms with Crippen molar-refractivity contribution in [2.45, 2.75) is 6.92 Å². The van der Waals surface area contributed by atoms with Crippen LogP contribution in [0.2, 0.25) is 0 Å². The highest BCUT2D eigenvalue weighted by atomic mass is 32.1. The maximum atomic E-state index is 5.45. The topological polar surface area (TPSA) is 38.1 Å². The second-order valence-electron chi connectivity index (χ2n) is 2.71. The van der Waals surface area contributed by atoms with Crippen LogP contribution >= 0.6 is 11.3 Å². The summed E-state index contributed by atoms with van der Waals surface area (Å²) in [6, 6.07) is 2.63. The molecule has 68 valence electrons. The van der Waals surface area contributed by atoms with Crippen molar-refractivity contribution in [3.63, 3.8) is 0 Å². The van der Waals surface area contributed by atoms with E-state index in [9.17, 15) is 0 Å². The number of rotatable bonds is 2. The number of nitrogens with one attached hydrogen (secondary N) is 1. The van der Waals surface area contributed by atoms with Crippen molar-refractivity contribution in [1.82, 2.24) is 4.98 Å². The molecule has 3 nitrogen and oxygen atoms in total. The van der Waals surface area contributed by atoms with Crippen molar-refractivity contribution in [3.8, 4) is 10.6 Å². The van der Waals surface area contributed by atoms with Gasteiger partial charge in [0.15, 0.2) is 5.76 Å². The summed E-state index contributed by atoms with van der Waals surface area (Å²) in [5.41, 5.74) is 1.23. The van der Waals surface area contributed by atoms with Crippen LogP contribution in [0.25, 0.3) is 10.6 Å². The Kier molecular flexibility index (Phi) is 2.06. The second-order valence-corrected chi connectivity index (χ2v) is 3.63. The third-order valence-corrected chi connectivity index (χ3v) is 2.84. The average molecular weight is 194 g/mol. The van der Waals surface area contributed by atoms with Gasteiger partial charge in [-0.3, -0.25) is 0 Å². The number of hydrogen-bond donors (Lipinski definition) is 1. The van der Waals surface area contributed by atoms with E-state index in [-0.39, 0.29) is 0 Å². The zero-order valence-electron chi connectivity index (χ0n) is 7.50. The number of nitrogens with zero attached hydrogens (tertiary/aromatic N) is 1. The predicted molar refractivity (Wildman–Crippen MR) is 54.1 cm³/mol. The molecule has 0 atom stereocenters. The van der Waals surface area contributed by atoms with Crippen molar-refractivity contribution >= 4 is 17.4 Å². The van der Waals surface area contributed by atoms with Gasteiger partial charge in [0.2, 0.25) is 0 Å². The number of hydrogen-bond acceptors (Lipinski definition) is 4. The van der Waals surface area contributed by atoms with Gasteiger partial charge >= 0.3 is 0 Å². The molecule has 2 aromatic heterocycles. The molecule has 0 aromatic carbocycles. The van der Waals surface area contributed by atoms with Gasteiger partial charge in [-0.2, -0.15) is 0 Å². The number of aryl methyl sites for hydroxylation is 1. The fraction of sp³-hybridized carbons (Fsp3) is 0.222. The van der Waals surface area contributed by atoms with Crippen LogP contribution in [0.4, 0.5) is 6.01 Å². The quantitative estimate of drug-likeness (QED) is 0.798. The molecule has 0 aliphatic heterocycles. The molecule has 1 N–H and O–H groups in total. The smallest absolute Gasteiger partial charge is 0.294 e. The molecule has 13 heavy (non-hydrogen) atoms. The van der Waals surface area contributed by atoms with Crippen molar-refractivity contribution in [2.24, 2.45) is 0 Å². The molecule has 0 spiro atoms. The van der Waals surface area contributed by atoms with E-state index in [4.69, 9.17) is 4.42 Å². The van der Waals surface area contributed by atoms with Gasteiger partial charge in [-0.25, -0.2) is 4.98 Å². The molecule has 0 aliphatic rings. The lowest BCUT2D eigenvalue weighted by atomic mass is 10.2. The van der Waals surface area contributed by atoms with Crippen LogP contribution in [-0.2, 0) is 0 Å². The molecule has 0 saturated carbocycles. The molecule has 0 saturated heterocycles. The molecule has 0 radical (unpaired) electrons. The first-order chi connectivity index (χ1) is 6.31. The molecule has 4 heteroatoms. The van der Waals surface area contributed by atoms with Crippen LogP contribution in [0, 0.1) is 6.92 Å². The first-order valence-electron chi connectivity index (χ1n) is 3.99. The second kappa shape index (κ2) is 3.22. The minimum atomic E-state index is 0.558. The van der Waals surface area contributed by atoms with Crippen LogP contribution in [0.3, 0.4) is 0 Å². The van der Waals surface area contributed by atoms with Crippen LogP contribution in [0.5, 0.6) is 0 Å². The number of anilines is 1. The number of oxazole rings is 1. The first kappa shape index (κ1) is 8.31. The van der Waals surface area contributed by atoms with Gasteiger partial charge in [0.25, 0.3) is 6.01 Å². The summed E-state index contributed by atoms with van der Waals surface area (Å²) in [6.07, 6.45) is 1.74. The van der Waals surface area contributed by atoms with Gasteiger partial charge in [-0.05, 0) is 23.9 Å². The highest BCUT2D eigenvalue weighted by Crippen LogP contribution is 2.30. The molecule has 2 rings (SSSR count). The summed E-state index contributed by atoms with van der Waals surface area (Å²) in [6.45, 7) is 2.06. The SMILES string of the molecule is CNc1ncc(-c2sccc2C)o1. The van der Waals surface area contributed by atoms with Gasteiger partial charge in [0, 0.05) is 7.05 Å². The Morgan fingerprint density at radius 3 is 2.92 bits per heavy atom. The zero-order valence-corrected chi connectivity index (χ0v) is 8.31. The highest BCUT2D eigenvalue weighted by Gasteiger charge is 2.08. The summed E-state index contributed by atoms with van der Waals surface area (Å²) in [5.74, 6) is 0.830. The minimum absolute atomic E-state index is 0.558. The van der Waals surface area contributed by atoms with Gasteiger partial charge in [0.1, 0.15) is 0 Å². The van der Waals surface area contributed by atoms with Crippen LogP contribution in [0.1, 0.15) is 5.56 Å². The van der Waals surface area contributed by atoms with Crippen molar-refractivity contribution in [1.29, 1.82) is 0 Å². The van der Waals surface area contributed by atoms with E-state index < -0.39 is 0 Å². The summed E-state index contributed by atoms with van der Waals surface area (Å²) in [4.78, 5) is 5.21. The minimum Gasteiger partial charge on any atom is -0.423 e. The van der Waals surface area contributed by atoms with Crippen LogP contribution < -0.4 is 5.32 Å². The van der Waals surface area contributed by atoms with Crippen LogP contribution in [0.15, 0.2) is 22.1 Å². The van der Waals surface area contributed by atoms with Gasteiger partial charge in [-0.15, -0.1) is 11.3 Å². The van der Waals surface area contributed by atoms with E-state index in [1.165, 1.54) is 5.56 Å². The standard InChI is InChI=1S/C9H10N2OS/c1-6-3-4-13-8(6)7-5-11-9(10-2)12-7/h3-5H,1-2H3,(H,10,11). The Bertz CT molecular complexity index is 405. The van der Waals surface area contributed by atoms with Crippen molar-refractivity contribution < 1.29 is 4.42 Å². The lowest BCUT2D eigenvalue weighted by Crippen LogP contribution is -1.84. The lowest BCUT2D eigenvalue weighted by molar-refractivity contribution is 0.591. The lowest BCUT2D eigenvalue weighted by Gasteiger charge is -1.92. The molecular formula is C9H10N2OS. The van der Waals surface area contributed by atoms with Gasteiger partial charge in [0.05, 0.1) is 11.1 Å². The monoisotopic (exact) mass is 194 g/mol. The Hall–Kier alpha value is -1.29. The normalized spacial score (nSPS) is 10.3. The Morgan fingerprint density at radius 1 is 1.54 bits per heavy atom. The van der Waals surface area contributed by atoms with E-state index in [1.54, 1.807) is 24.6 Å². The Morgan fingerprint density at radius 2 is 2.38 bits per heavy atom. The summed E-state index contributed by atoms with van der Waals surface area (Å²) in [7, 11) is 1.79. The number of aromatic nitrogens is 1. The van der Waals surface area contributed by atoms with Gasteiger partial charge in [-0.1, -0.05) is 0 Å². The van der Waals surface area contributed by atoms with E-state index >= 15 is 0 Å². The Labute approximate surface area is 80.4 Å². The van der Waals surface area contributed by atoms with Crippen molar-refractivity contribution in [2.75, 3.05) is 12.4 Å². The van der Waals surface area contributed by atoms with Crippen LogP contribution in [-0.4, -0.2) is 12.0 Å². The zero-order chi connectivity index (χ0) is 9.26. The Balaban J connectivity index is 2.41. The molecular weight excluding hydrogens is 184 g/mol. The third kappa shape index (κ3) is 1.45. The van der Waals surface area contributed by atoms with Gasteiger partial charge < -0.3 is 9.73 Å². The highest BCUT2D eigenvalue weighted by molar-refractivity contribution is 7.13. The summed E-state index contributed by atoms with van der Waals surface area (Å²) >= 11 is 1.66. The largest absolute Gasteiger partial charge is 0.423 e. The molecule has 0 aliphatic carbocycles. The molecule has 2 aromatic rings. The molecule has 0 fully saturated rings. The first-order valence-corrected chi connectivity index (χ1v) is 4.87. The van der Waals surface area contributed by atoms with E-state index in [0.717, 1.165) is 10.6 Å². The summed E-state index contributed by atoms with van der Waals surface area (Å²) in [5, 5.41) is 4.90. The maximum Gasteiger partial charge on any atom is 0.294 e. The van der Waals surface area contributed by atoms with Crippen molar-refractivity contribution in [3.05, 3.63) is 23.2 Å². The fourth-order valence-electron chi connectivity index (χ4n) is 1.12. The summed E-state index contributed by atoms with van der Waals surface area (Å²) < 4.78 is 5.45. The predicted octanol–water partition coefficient (Wildman–Crippen LogP) is 2.75. The van der Waals surface area contributed by atoms with E-state index in [1.807, 2.05) is 5.38 Å².